The van der Waals surface area contributed by atoms with Crippen LogP contribution in [0.1, 0.15) is 48.5 Å². The van der Waals surface area contributed by atoms with Crippen LogP contribution in [0, 0.1) is 5.82 Å². The van der Waals surface area contributed by atoms with Gasteiger partial charge >= 0.3 is 0 Å². The van der Waals surface area contributed by atoms with E-state index in [4.69, 9.17) is 4.74 Å². The van der Waals surface area contributed by atoms with Crippen LogP contribution in [0.3, 0.4) is 0 Å². The van der Waals surface area contributed by atoms with Crippen molar-refractivity contribution in [3.05, 3.63) is 47.8 Å². The van der Waals surface area contributed by atoms with Crippen LogP contribution in [0.2, 0.25) is 0 Å². The van der Waals surface area contributed by atoms with Crippen LogP contribution in [0.4, 0.5) is 4.39 Å². The molecule has 4 nitrogen and oxygen atoms in total. The number of hydrogen-bond donors (Lipinski definition) is 0. The van der Waals surface area contributed by atoms with Gasteiger partial charge in [-0.3, -0.25) is 4.79 Å². The highest BCUT2D eigenvalue weighted by Crippen LogP contribution is 2.35. The second-order valence-electron chi connectivity index (χ2n) is 5.19. The molecular weight excluding hydrogens is 259 g/mol. The molecule has 0 aliphatic carbocycles. The molecule has 5 heteroatoms. The van der Waals surface area contributed by atoms with Gasteiger partial charge in [-0.1, -0.05) is 0 Å². The molecule has 1 atom stereocenters. The number of halogens is 1. The molecule has 0 amide bonds. The number of ketones is 1. The van der Waals surface area contributed by atoms with Crippen LogP contribution in [-0.2, 0) is 0 Å². The Hall–Kier alpha value is -2.17. The predicted octanol–water partition coefficient (Wildman–Crippen LogP) is 3.31. The molecule has 1 aromatic carbocycles. The fourth-order valence-electron chi connectivity index (χ4n) is 2.46. The number of hydrogen-bond acceptors (Lipinski definition) is 3. The van der Waals surface area contributed by atoms with E-state index in [1.807, 2.05) is 18.4 Å². The molecule has 0 N–H and O–H groups in total. The molecule has 1 aliphatic heterocycles. The van der Waals surface area contributed by atoms with E-state index in [0.29, 0.717) is 11.3 Å². The first kappa shape index (κ1) is 12.8. The van der Waals surface area contributed by atoms with Gasteiger partial charge in [-0.2, -0.15) is 0 Å². The summed E-state index contributed by atoms with van der Waals surface area (Å²) in [6.45, 7) is 4.08. The Morgan fingerprint density at radius 1 is 1.45 bits per heavy atom. The van der Waals surface area contributed by atoms with Gasteiger partial charge in [0.1, 0.15) is 17.7 Å². The number of Topliss-reactive ketones (excluding diaryl/α,β-unsaturated/α-hetero) is 1. The van der Waals surface area contributed by atoms with E-state index in [1.54, 1.807) is 12.5 Å². The number of imidazole rings is 1. The topological polar surface area (TPSA) is 44.1 Å². The Bertz CT molecular complexity index is 664. The largest absolute Gasteiger partial charge is 0.483 e. The summed E-state index contributed by atoms with van der Waals surface area (Å²) in [6, 6.07) is 4.27. The first-order valence-corrected chi connectivity index (χ1v) is 6.57. The first-order valence-electron chi connectivity index (χ1n) is 6.57. The summed E-state index contributed by atoms with van der Waals surface area (Å²) in [5.74, 6) is -0.0946. The molecule has 0 saturated carbocycles. The fraction of sp³-hybridized carbons (Fsp3) is 0.333. The Balaban J connectivity index is 1.97. The minimum Gasteiger partial charge on any atom is -0.483 e. The van der Waals surface area contributed by atoms with Crippen LogP contribution in [0.25, 0.3) is 0 Å². The molecule has 1 unspecified atom stereocenters. The van der Waals surface area contributed by atoms with Crippen molar-refractivity contribution in [3.63, 3.8) is 0 Å². The Labute approximate surface area is 116 Å². The molecule has 0 saturated heterocycles. The summed E-state index contributed by atoms with van der Waals surface area (Å²) in [6.07, 6.45) is 3.28. The highest BCUT2D eigenvalue weighted by atomic mass is 19.1. The van der Waals surface area contributed by atoms with Crippen molar-refractivity contribution >= 4 is 5.78 Å². The van der Waals surface area contributed by atoms with E-state index in [1.165, 1.54) is 18.2 Å². The third-order valence-electron chi connectivity index (χ3n) is 3.46. The highest BCUT2D eigenvalue weighted by molar-refractivity contribution is 5.99. The molecule has 1 aliphatic rings. The zero-order valence-electron chi connectivity index (χ0n) is 11.3. The van der Waals surface area contributed by atoms with Crippen LogP contribution in [0.5, 0.6) is 5.75 Å². The lowest BCUT2D eigenvalue weighted by Crippen LogP contribution is -2.23. The molecule has 1 aromatic heterocycles. The number of benzene rings is 1. The molecule has 2 heterocycles. The van der Waals surface area contributed by atoms with Crippen molar-refractivity contribution in [2.75, 3.05) is 0 Å². The van der Waals surface area contributed by atoms with Crippen molar-refractivity contribution in [1.29, 1.82) is 0 Å². The van der Waals surface area contributed by atoms with E-state index in [0.717, 1.165) is 5.69 Å². The third kappa shape index (κ3) is 2.09. The van der Waals surface area contributed by atoms with Gasteiger partial charge in [0.25, 0.3) is 0 Å². The van der Waals surface area contributed by atoms with Gasteiger partial charge in [0.05, 0.1) is 30.2 Å². The van der Waals surface area contributed by atoms with E-state index in [9.17, 15) is 9.18 Å². The van der Waals surface area contributed by atoms with Gasteiger partial charge in [0.2, 0.25) is 0 Å². The van der Waals surface area contributed by atoms with Crippen molar-refractivity contribution < 1.29 is 13.9 Å². The molecule has 0 bridgehead atoms. The Morgan fingerprint density at radius 3 is 3.00 bits per heavy atom. The average Bonchev–Trinajstić information content (AvgIpc) is 2.89. The zero-order valence-corrected chi connectivity index (χ0v) is 11.3. The number of aromatic nitrogens is 2. The summed E-state index contributed by atoms with van der Waals surface area (Å²) in [4.78, 5) is 16.3. The van der Waals surface area contributed by atoms with E-state index >= 15 is 0 Å². The number of fused-ring (bicyclic) bond motifs is 1. The van der Waals surface area contributed by atoms with Crippen LogP contribution in [-0.4, -0.2) is 15.3 Å². The summed E-state index contributed by atoms with van der Waals surface area (Å²) in [5, 5.41) is 0. The predicted molar refractivity (Wildman–Crippen MR) is 71.3 cm³/mol. The summed E-state index contributed by atoms with van der Waals surface area (Å²) < 4.78 is 21.0. The fourth-order valence-corrected chi connectivity index (χ4v) is 2.46. The molecule has 0 fully saturated rings. The zero-order chi connectivity index (χ0) is 14.3. The summed E-state index contributed by atoms with van der Waals surface area (Å²) in [5.41, 5.74) is 1.18. The lowest BCUT2D eigenvalue weighted by atomic mass is 9.99. The van der Waals surface area contributed by atoms with Crippen molar-refractivity contribution in [2.24, 2.45) is 0 Å². The minimum absolute atomic E-state index is 0.104. The smallest absolute Gasteiger partial charge is 0.170 e. The molecule has 0 radical (unpaired) electrons. The normalized spacial score (nSPS) is 18.0. The summed E-state index contributed by atoms with van der Waals surface area (Å²) >= 11 is 0. The number of nitrogens with zero attached hydrogens (tertiary/aromatic N) is 2. The SMILES string of the molecule is CC(C)n1cncc1C1CC(=O)c2cc(F)ccc2O1. The maximum absolute atomic E-state index is 13.2. The number of carbonyl (C=O) groups excluding carboxylic acids is 1. The molecule has 104 valence electrons. The maximum Gasteiger partial charge on any atom is 0.170 e. The molecule has 0 spiro atoms. The Morgan fingerprint density at radius 2 is 2.25 bits per heavy atom. The van der Waals surface area contributed by atoms with Crippen LogP contribution < -0.4 is 4.74 Å². The lowest BCUT2D eigenvalue weighted by Gasteiger charge is -2.26. The quantitative estimate of drug-likeness (QED) is 0.844. The second-order valence-corrected chi connectivity index (χ2v) is 5.19. The van der Waals surface area contributed by atoms with E-state index in [-0.39, 0.29) is 24.3 Å². The second kappa shape index (κ2) is 4.74. The van der Waals surface area contributed by atoms with Crippen molar-refractivity contribution in [3.8, 4) is 5.75 Å². The third-order valence-corrected chi connectivity index (χ3v) is 3.46. The van der Waals surface area contributed by atoms with Gasteiger partial charge in [0, 0.05) is 6.04 Å². The van der Waals surface area contributed by atoms with Crippen molar-refractivity contribution in [1.82, 2.24) is 9.55 Å². The summed E-state index contributed by atoms with van der Waals surface area (Å²) in [7, 11) is 0. The lowest BCUT2D eigenvalue weighted by molar-refractivity contribution is 0.0837. The van der Waals surface area contributed by atoms with Gasteiger partial charge < -0.3 is 9.30 Å². The number of rotatable bonds is 2. The van der Waals surface area contributed by atoms with Crippen LogP contribution >= 0.6 is 0 Å². The number of carbonyl (C=O) groups is 1. The minimum atomic E-state index is -0.425. The Kier molecular flexibility index (Phi) is 3.04. The van der Waals surface area contributed by atoms with Gasteiger partial charge in [-0.05, 0) is 32.0 Å². The average molecular weight is 274 g/mol. The number of ether oxygens (including phenoxy) is 1. The molecule has 2 aromatic rings. The van der Waals surface area contributed by atoms with Gasteiger partial charge in [-0.25, -0.2) is 9.37 Å². The van der Waals surface area contributed by atoms with E-state index in [2.05, 4.69) is 4.98 Å². The highest BCUT2D eigenvalue weighted by Gasteiger charge is 2.30. The van der Waals surface area contributed by atoms with Gasteiger partial charge in [-0.15, -0.1) is 0 Å². The standard InChI is InChI=1S/C15H15FN2O2/c1-9(2)18-8-17-7-12(18)15-6-13(19)11-5-10(16)3-4-14(11)20-15/h3-5,7-9,15H,6H2,1-2H3. The van der Waals surface area contributed by atoms with Crippen molar-refractivity contribution in [2.45, 2.75) is 32.4 Å². The first-order chi connectivity index (χ1) is 9.56. The monoisotopic (exact) mass is 274 g/mol. The molecule has 3 rings (SSSR count). The van der Waals surface area contributed by atoms with Crippen LogP contribution in [0.15, 0.2) is 30.7 Å². The van der Waals surface area contributed by atoms with E-state index < -0.39 is 5.82 Å². The molecular formula is C15H15FN2O2. The van der Waals surface area contributed by atoms with Gasteiger partial charge in [0.15, 0.2) is 5.78 Å². The molecule has 20 heavy (non-hydrogen) atoms. The maximum atomic E-state index is 13.2.